The fourth-order valence-electron chi connectivity index (χ4n) is 11.6. The van der Waals surface area contributed by atoms with E-state index in [1.54, 1.807) is 18.1 Å². The van der Waals surface area contributed by atoms with Gasteiger partial charge in [0.05, 0.1) is 321 Å². The maximum Gasteiger partial charge on any atom is 0.333 e. The van der Waals surface area contributed by atoms with Gasteiger partial charge in [-0.05, 0) is 73.1 Å². The molecule has 0 radical (unpaired) electrons. The first-order valence-corrected chi connectivity index (χ1v) is 41.7. The number of unbranched alkanes of at least 4 members (excludes halogenated alkanes) is 2. The Hall–Kier alpha value is -4.92. The van der Waals surface area contributed by atoms with Crippen LogP contribution < -0.4 is 0 Å². The number of ether oxygens (including phenoxy) is 25. The zero-order valence-electron chi connectivity index (χ0n) is 68.3. The summed E-state index contributed by atoms with van der Waals surface area (Å²) in [6.45, 7) is 29.5. The molecule has 5 rings (SSSR count). The minimum Gasteiger partial charge on any atom is -0.483 e. The fourth-order valence-corrected chi connectivity index (χ4v) is 12.4. The molecule has 0 aromatic rings. The van der Waals surface area contributed by atoms with Crippen LogP contribution in [0.1, 0.15) is 52.4 Å². The van der Waals surface area contributed by atoms with Gasteiger partial charge < -0.3 is 128 Å². The molecule has 1 saturated heterocycles. The zero-order valence-corrected chi connectivity index (χ0v) is 69.1. The number of nitrogens with zero attached hydrogens (tertiary/aromatic N) is 2. The van der Waals surface area contributed by atoms with Crippen molar-refractivity contribution >= 4 is 27.9 Å². The van der Waals surface area contributed by atoms with Crippen molar-refractivity contribution in [2.75, 3.05) is 337 Å². The second-order valence-electron chi connectivity index (χ2n) is 26.1. The molecule has 0 bridgehead atoms. The Morgan fingerprint density at radius 2 is 0.704 bits per heavy atom. The van der Waals surface area contributed by atoms with Gasteiger partial charge in [-0.2, -0.15) is 8.42 Å². The van der Waals surface area contributed by atoms with E-state index in [-0.39, 0.29) is 61.2 Å². The van der Waals surface area contributed by atoms with Gasteiger partial charge >= 0.3 is 5.97 Å². The molecule has 1 heterocycles. The van der Waals surface area contributed by atoms with Crippen LogP contribution in [0.15, 0.2) is 92.8 Å². The Labute approximate surface area is 680 Å². The van der Waals surface area contributed by atoms with Crippen molar-refractivity contribution in [3.63, 3.8) is 0 Å². The quantitative estimate of drug-likeness (QED) is 0.0618. The van der Waals surface area contributed by atoms with Crippen LogP contribution >= 0.6 is 0 Å². The lowest BCUT2D eigenvalue weighted by Crippen LogP contribution is -2.38. The third-order valence-corrected chi connectivity index (χ3v) is 18.4. The summed E-state index contributed by atoms with van der Waals surface area (Å²) >= 11 is 0. The van der Waals surface area contributed by atoms with Gasteiger partial charge in [0, 0.05) is 50.4 Å². The van der Waals surface area contributed by atoms with E-state index >= 15 is 0 Å². The molecule has 35 heteroatoms. The summed E-state index contributed by atoms with van der Waals surface area (Å²) in [5.74, 6) is -1.20. The number of hydrogen-bond acceptors (Lipinski definition) is 31. The molecule has 660 valence electrons. The Balaban J connectivity index is 0.693. The number of carbonyl (C=O) groups excluding carboxylic acids is 3. The maximum absolute atomic E-state index is 13.9. The first-order chi connectivity index (χ1) is 56.4. The lowest BCUT2D eigenvalue weighted by atomic mass is 9.62. The molecular formula is C80H132N2O32S. The monoisotopic (exact) mass is 1660 g/mol. The highest BCUT2D eigenvalue weighted by atomic mass is 32.2. The highest BCUT2D eigenvalue weighted by Gasteiger charge is 2.45. The highest BCUT2D eigenvalue weighted by molar-refractivity contribution is 7.90. The van der Waals surface area contributed by atoms with Gasteiger partial charge in [-0.15, -0.1) is 5.06 Å². The first kappa shape index (κ1) is 101. The number of methoxy groups -OCH3 is 1. The number of allylic oxidation sites excluding steroid dienone is 13. The predicted molar refractivity (Wildman–Crippen MR) is 418 cm³/mol. The van der Waals surface area contributed by atoms with Crippen LogP contribution in [0.2, 0.25) is 0 Å². The minimum absolute atomic E-state index is 0.0988. The topological polar surface area (TPSA) is 352 Å². The Bertz CT molecular complexity index is 2930. The maximum atomic E-state index is 13.9. The largest absolute Gasteiger partial charge is 0.483 e. The zero-order chi connectivity index (χ0) is 82.0. The van der Waals surface area contributed by atoms with Crippen molar-refractivity contribution in [1.29, 1.82) is 0 Å². The van der Waals surface area contributed by atoms with Gasteiger partial charge in [-0.1, -0.05) is 37.3 Å². The molecule has 2 atom stereocenters. The lowest BCUT2D eigenvalue weighted by Gasteiger charge is -2.43. The van der Waals surface area contributed by atoms with E-state index < -0.39 is 16.1 Å². The van der Waals surface area contributed by atoms with E-state index in [9.17, 15) is 27.4 Å². The van der Waals surface area contributed by atoms with Gasteiger partial charge in [0.1, 0.15) is 5.76 Å². The number of hydroxylamine groups is 2. The molecule has 34 nitrogen and oxygen atoms in total. The van der Waals surface area contributed by atoms with Gasteiger partial charge in [-0.3, -0.25) is 14.1 Å². The number of rotatable bonds is 83. The van der Waals surface area contributed by atoms with Crippen LogP contribution in [0.3, 0.4) is 0 Å². The van der Waals surface area contributed by atoms with E-state index in [1.165, 1.54) is 6.08 Å². The van der Waals surface area contributed by atoms with Crippen molar-refractivity contribution in [1.82, 2.24) is 9.96 Å². The Kier molecular flexibility index (Phi) is 59.3. The number of carbonyl (C=O) groups is 3. The molecular weight excluding hydrogens is 1530 g/mol. The van der Waals surface area contributed by atoms with Crippen LogP contribution in [-0.2, 0) is 148 Å². The summed E-state index contributed by atoms with van der Waals surface area (Å²) in [4.78, 5) is 45.3. The lowest BCUT2D eigenvalue weighted by molar-refractivity contribution is -0.186. The van der Waals surface area contributed by atoms with Gasteiger partial charge in [0.2, 0.25) is 0 Å². The van der Waals surface area contributed by atoms with Crippen LogP contribution in [-0.4, -0.2) is 378 Å². The molecule has 1 aliphatic heterocycles. The smallest absolute Gasteiger partial charge is 0.333 e. The summed E-state index contributed by atoms with van der Waals surface area (Å²) in [5, 5.41) is 0.975. The third-order valence-electron chi connectivity index (χ3n) is 17.5. The molecule has 1 fully saturated rings. The number of amides is 2. The SMILES string of the molecule is C=C1CCC(=O)N1OC(=O)CCCCCN(CCOCCOCCOCCOCCOCCOCCOCCOCCOCCOCCOCCOCCOCCOCCOCCOCCOCCOCCOCCOCCOCCOCCOCCOC)C(=O)COC1=CC(C)=C2C=CC3=C(C)C=C(S(=O)(=O)O)C4=CC=C1C2C43. The summed E-state index contributed by atoms with van der Waals surface area (Å²) in [5.41, 5.74) is 5.41. The van der Waals surface area contributed by atoms with E-state index in [4.69, 9.17) is 123 Å². The van der Waals surface area contributed by atoms with Crippen molar-refractivity contribution in [2.24, 2.45) is 11.8 Å². The third kappa shape index (κ3) is 47.6. The molecule has 0 saturated carbocycles. The second-order valence-corrected chi connectivity index (χ2v) is 27.5. The summed E-state index contributed by atoms with van der Waals surface area (Å²) in [6.07, 6.45) is 13.5. The van der Waals surface area contributed by atoms with Crippen molar-refractivity contribution in [3.05, 3.63) is 92.8 Å². The van der Waals surface area contributed by atoms with Crippen LogP contribution in [0.4, 0.5) is 0 Å². The average Bonchev–Trinajstić information content (AvgIpc) is 0.750. The second kappa shape index (κ2) is 67.8. The van der Waals surface area contributed by atoms with Gasteiger partial charge in [-0.25, -0.2) is 4.79 Å². The van der Waals surface area contributed by atoms with E-state index in [1.807, 2.05) is 38.2 Å². The van der Waals surface area contributed by atoms with Crippen molar-refractivity contribution in [2.45, 2.75) is 52.4 Å². The first-order valence-electron chi connectivity index (χ1n) is 40.2. The molecule has 115 heavy (non-hydrogen) atoms. The molecule has 2 unspecified atom stereocenters. The van der Waals surface area contributed by atoms with Crippen molar-refractivity contribution in [3.8, 4) is 0 Å². The van der Waals surface area contributed by atoms with Crippen LogP contribution in [0.5, 0.6) is 0 Å². The van der Waals surface area contributed by atoms with Crippen LogP contribution in [0, 0.1) is 11.8 Å². The Morgan fingerprint density at radius 1 is 0.409 bits per heavy atom. The van der Waals surface area contributed by atoms with E-state index in [0.717, 1.165) is 32.9 Å². The molecule has 0 aromatic heterocycles. The summed E-state index contributed by atoms with van der Waals surface area (Å²) in [6, 6.07) is 0. The van der Waals surface area contributed by atoms with Gasteiger partial charge in [0.25, 0.3) is 21.9 Å². The summed E-state index contributed by atoms with van der Waals surface area (Å²) < 4.78 is 174. The van der Waals surface area contributed by atoms with E-state index in [2.05, 4.69) is 6.58 Å². The van der Waals surface area contributed by atoms with Gasteiger partial charge in [0.15, 0.2) is 6.61 Å². The van der Waals surface area contributed by atoms with Crippen LogP contribution in [0.25, 0.3) is 0 Å². The number of hydrogen-bond donors (Lipinski definition) is 1. The molecule has 4 aliphatic carbocycles. The standard InChI is InChI=1S/C80H132N2O32S/c1-67-64-74(72-12-13-73-75(115(86,87)88)65-68(2)71-11-10-70(67)79(72)80(71)73)113-66-77(84)81(15-7-5-6-8-78(85)114-82-69(3)9-14-76(82)83)16-17-90-20-21-92-24-25-94-28-29-96-32-33-98-36-37-100-40-41-102-44-45-104-48-49-106-52-53-108-56-57-110-60-61-112-63-62-111-59-58-109-55-54-107-51-50-105-47-46-103-43-42-101-39-38-99-35-34-97-31-30-95-27-26-93-23-22-91-19-18-89-4/h10-13,64-65,79-80H,3,5-9,14-63,66H2,1-2,4H3,(H,86,87,88). The molecule has 2 amide bonds. The molecule has 5 aliphatic rings. The molecule has 0 spiro atoms. The van der Waals surface area contributed by atoms with Crippen molar-refractivity contribution < 1.29 is 151 Å². The van der Waals surface area contributed by atoms with E-state index in [0.29, 0.717) is 353 Å². The Morgan fingerprint density at radius 3 is 1.01 bits per heavy atom. The summed E-state index contributed by atoms with van der Waals surface area (Å²) in [7, 11) is -2.85. The normalized spacial score (nSPS) is 15.9. The highest BCUT2D eigenvalue weighted by Crippen LogP contribution is 2.54. The average molecular weight is 1670 g/mol. The minimum atomic E-state index is -4.50. The fraction of sp³-hybridized carbons (Fsp3) is 0.762. The predicted octanol–water partition coefficient (Wildman–Crippen LogP) is 5.00. The molecule has 0 aromatic carbocycles. The molecule has 1 N–H and O–H groups in total.